The topological polar surface area (TPSA) is 20.2 Å². The molecule has 0 aliphatic heterocycles. The summed E-state index contributed by atoms with van der Waals surface area (Å²) in [5.41, 5.74) is 0. The van der Waals surface area contributed by atoms with E-state index >= 15 is 0 Å². The molecule has 1 heteroatoms. The molecule has 0 amide bonds. The van der Waals surface area contributed by atoms with Gasteiger partial charge >= 0.3 is 0 Å². The number of aliphatic hydroxyl groups excluding tert-OH is 1. The number of allylic oxidation sites excluding steroid dienone is 1. The van der Waals surface area contributed by atoms with Gasteiger partial charge in [0.25, 0.3) is 0 Å². The molecule has 2 aliphatic rings. The Morgan fingerprint density at radius 1 is 1.30 bits per heavy atom. The van der Waals surface area contributed by atoms with Gasteiger partial charge in [0, 0.05) is 0 Å². The second kappa shape index (κ2) is 2.09. The van der Waals surface area contributed by atoms with Crippen LogP contribution in [0.4, 0.5) is 0 Å². The summed E-state index contributed by atoms with van der Waals surface area (Å²) in [6.07, 6.45) is 5.59. The Bertz CT molecular complexity index is 153. The molecule has 2 saturated carbocycles. The minimum atomic E-state index is -0.0123. The van der Waals surface area contributed by atoms with E-state index in [1.165, 1.54) is 12.8 Å². The van der Waals surface area contributed by atoms with Crippen molar-refractivity contribution in [1.29, 1.82) is 0 Å². The lowest BCUT2D eigenvalue weighted by molar-refractivity contribution is 0.0943. The van der Waals surface area contributed by atoms with Crippen LogP contribution in [0.3, 0.4) is 0 Å². The molecule has 56 valence electrons. The summed E-state index contributed by atoms with van der Waals surface area (Å²) in [5, 5.41) is 9.47. The molecule has 4 unspecified atom stereocenters. The lowest BCUT2D eigenvalue weighted by atomic mass is 9.87. The highest BCUT2D eigenvalue weighted by Crippen LogP contribution is 2.48. The molecular weight excluding hydrogens is 124 g/mol. The van der Waals surface area contributed by atoms with Gasteiger partial charge in [-0.05, 0) is 37.0 Å². The fourth-order valence-electron chi connectivity index (χ4n) is 2.64. The van der Waals surface area contributed by atoms with Crippen LogP contribution in [0.5, 0.6) is 0 Å². The number of fused-ring (bicyclic) bond motifs is 2. The molecule has 0 aromatic rings. The van der Waals surface area contributed by atoms with Crippen LogP contribution >= 0.6 is 0 Å². The van der Waals surface area contributed by atoms with Crippen molar-refractivity contribution in [2.45, 2.75) is 25.4 Å². The summed E-state index contributed by atoms with van der Waals surface area (Å²) in [6.45, 7) is 3.78. The number of hydrogen-bond donors (Lipinski definition) is 1. The average Bonchev–Trinajstić information content (AvgIpc) is 2.44. The maximum absolute atomic E-state index is 9.47. The van der Waals surface area contributed by atoms with E-state index in [1.54, 1.807) is 0 Å². The van der Waals surface area contributed by atoms with Gasteiger partial charge in [0.1, 0.15) is 0 Å². The molecule has 2 rings (SSSR count). The molecule has 0 aromatic carbocycles. The van der Waals surface area contributed by atoms with E-state index in [9.17, 15) is 5.11 Å². The van der Waals surface area contributed by atoms with E-state index in [1.807, 2.05) is 6.08 Å². The first-order chi connectivity index (χ1) is 4.81. The van der Waals surface area contributed by atoms with E-state index in [-0.39, 0.29) is 6.10 Å². The molecule has 0 radical (unpaired) electrons. The van der Waals surface area contributed by atoms with Crippen LogP contribution in [0.15, 0.2) is 12.7 Å². The van der Waals surface area contributed by atoms with Crippen molar-refractivity contribution < 1.29 is 5.11 Å². The zero-order valence-corrected chi connectivity index (χ0v) is 6.16. The van der Waals surface area contributed by atoms with Gasteiger partial charge < -0.3 is 5.11 Å². The Morgan fingerprint density at radius 3 is 2.50 bits per heavy atom. The van der Waals surface area contributed by atoms with Gasteiger partial charge in [-0.15, -0.1) is 6.58 Å². The molecule has 1 N–H and O–H groups in total. The standard InChI is InChI=1S/C9H14O/c1-2-7-3-6-4-8(7)9(10)5-6/h2,6-10H,1,3-5H2. The zero-order valence-electron chi connectivity index (χ0n) is 6.16. The van der Waals surface area contributed by atoms with E-state index in [0.717, 1.165) is 12.3 Å². The molecule has 2 bridgehead atoms. The van der Waals surface area contributed by atoms with Gasteiger partial charge in [-0.2, -0.15) is 0 Å². The van der Waals surface area contributed by atoms with Crippen LogP contribution in [0.25, 0.3) is 0 Å². The van der Waals surface area contributed by atoms with Crippen LogP contribution in [0.2, 0.25) is 0 Å². The van der Waals surface area contributed by atoms with Crippen molar-refractivity contribution in [3.05, 3.63) is 12.7 Å². The summed E-state index contributed by atoms with van der Waals surface area (Å²) in [7, 11) is 0. The third-order valence-electron chi connectivity index (χ3n) is 3.13. The molecule has 10 heavy (non-hydrogen) atoms. The van der Waals surface area contributed by atoms with E-state index in [0.29, 0.717) is 11.8 Å². The lowest BCUT2D eigenvalue weighted by Gasteiger charge is -2.22. The highest BCUT2D eigenvalue weighted by Gasteiger charge is 2.43. The smallest absolute Gasteiger partial charge is 0.0576 e. The highest BCUT2D eigenvalue weighted by molar-refractivity contribution is 5.01. The van der Waals surface area contributed by atoms with Crippen molar-refractivity contribution in [3.8, 4) is 0 Å². The summed E-state index contributed by atoms with van der Waals surface area (Å²) in [5.74, 6) is 1.99. The molecule has 0 heterocycles. The minimum absolute atomic E-state index is 0.0123. The van der Waals surface area contributed by atoms with E-state index in [4.69, 9.17) is 0 Å². The van der Waals surface area contributed by atoms with E-state index < -0.39 is 0 Å². The first-order valence-corrected chi connectivity index (χ1v) is 4.12. The predicted molar refractivity (Wildman–Crippen MR) is 40.5 cm³/mol. The van der Waals surface area contributed by atoms with Gasteiger partial charge in [-0.1, -0.05) is 6.08 Å². The van der Waals surface area contributed by atoms with Crippen molar-refractivity contribution in [2.24, 2.45) is 17.8 Å². The monoisotopic (exact) mass is 138 g/mol. The molecule has 2 fully saturated rings. The lowest BCUT2D eigenvalue weighted by Crippen LogP contribution is -2.22. The van der Waals surface area contributed by atoms with Crippen molar-refractivity contribution >= 4 is 0 Å². The average molecular weight is 138 g/mol. The SMILES string of the molecule is C=CC1CC2CC(O)C1C2. The molecule has 0 aromatic heterocycles. The highest BCUT2D eigenvalue weighted by atomic mass is 16.3. The molecule has 0 spiro atoms. The van der Waals surface area contributed by atoms with Gasteiger partial charge in [0.05, 0.1) is 6.10 Å². The first kappa shape index (κ1) is 6.41. The van der Waals surface area contributed by atoms with Gasteiger partial charge in [0.15, 0.2) is 0 Å². The zero-order chi connectivity index (χ0) is 7.14. The van der Waals surface area contributed by atoms with Gasteiger partial charge in [0.2, 0.25) is 0 Å². The fourth-order valence-corrected chi connectivity index (χ4v) is 2.64. The van der Waals surface area contributed by atoms with Gasteiger partial charge in [-0.25, -0.2) is 0 Å². The minimum Gasteiger partial charge on any atom is -0.393 e. The molecule has 1 nitrogen and oxygen atoms in total. The van der Waals surface area contributed by atoms with Crippen molar-refractivity contribution in [2.75, 3.05) is 0 Å². The summed E-state index contributed by atoms with van der Waals surface area (Å²) < 4.78 is 0. The van der Waals surface area contributed by atoms with Crippen LogP contribution in [0, 0.1) is 17.8 Å². The summed E-state index contributed by atoms with van der Waals surface area (Å²) in [4.78, 5) is 0. The molecule has 4 atom stereocenters. The normalized spacial score (nSPS) is 51.7. The van der Waals surface area contributed by atoms with Gasteiger partial charge in [-0.3, -0.25) is 0 Å². The predicted octanol–water partition coefficient (Wildman–Crippen LogP) is 1.58. The Hall–Kier alpha value is -0.300. The quantitative estimate of drug-likeness (QED) is 0.545. The molecule has 2 aliphatic carbocycles. The Labute approximate surface area is 61.8 Å². The second-order valence-corrected chi connectivity index (χ2v) is 3.70. The summed E-state index contributed by atoms with van der Waals surface area (Å²) >= 11 is 0. The van der Waals surface area contributed by atoms with Crippen LogP contribution in [-0.4, -0.2) is 11.2 Å². The Kier molecular flexibility index (Phi) is 1.34. The molecular formula is C9H14O. The third kappa shape index (κ3) is 0.734. The fraction of sp³-hybridized carbons (Fsp3) is 0.778. The largest absolute Gasteiger partial charge is 0.393 e. The Balaban J connectivity index is 2.12. The Morgan fingerprint density at radius 2 is 2.10 bits per heavy atom. The molecule has 0 saturated heterocycles. The van der Waals surface area contributed by atoms with E-state index in [2.05, 4.69) is 6.58 Å². The van der Waals surface area contributed by atoms with Crippen LogP contribution in [-0.2, 0) is 0 Å². The maximum atomic E-state index is 9.47. The number of aliphatic hydroxyl groups is 1. The van der Waals surface area contributed by atoms with Crippen molar-refractivity contribution in [1.82, 2.24) is 0 Å². The van der Waals surface area contributed by atoms with Crippen LogP contribution in [0.1, 0.15) is 19.3 Å². The summed E-state index contributed by atoms with van der Waals surface area (Å²) in [6, 6.07) is 0. The van der Waals surface area contributed by atoms with Crippen molar-refractivity contribution in [3.63, 3.8) is 0 Å². The number of hydrogen-bond acceptors (Lipinski definition) is 1. The maximum Gasteiger partial charge on any atom is 0.0576 e. The second-order valence-electron chi connectivity index (χ2n) is 3.70. The first-order valence-electron chi connectivity index (χ1n) is 4.12. The van der Waals surface area contributed by atoms with Crippen LogP contribution < -0.4 is 0 Å². The third-order valence-corrected chi connectivity index (χ3v) is 3.13. The number of rotatable bonds is 1.